The Bertz CT molecular complexity index is 934. The van der Waals surface area contributed by atoms with Crippen molar-refractivity contribution in [3.63, 3.8) is 0 Å². The van der Waals surface area contributed by atoms with E-state index in [4.69, 9.17) is 4.74 Å². The van der Waals surface area contributed by atoms with Gasteiger partial charge in [0.15, 0.2) is 6.10 Å². The van der Waals surface area contributed by atoms with Crippen LogP contribution in [0.4, 0.5) is 0 Å². The minimum Gasteiger partial charge on any atom is -0.508 e. The summed E-state index contributed by atoms with van der Waals surface area (Å²) < 4.78 is 5.42. The molecule has 0 radical (unpaired) electrons. The van der Waals surface area contributed by atoms with E-state index in [1.807, 2.05) is 0 Å². The summed E-state index contributed by atoms with van der Waals surface area (Å²) in [6.07, 6.45) is -1.25. The molecule has 0 heterocycles. The molecule has 5 heteroatoms. The van der Waals surface area contributed by atoms with E-state index in [1.165, 1.54) is 24.3 Å². The van der Waals surface area contributed by atoms with Gasteiger partial charge in [-0.2, -0.15) is 0 Å². The normalized spacial score (nSPS) is 11.5. The van der Waals surface area contributed by atoms with Crippen molar-refractivity contribution < 1.29 is 24.5 Å². The Balaban J connectivity index is 1.97. The van der Waals surface area contributed by atoms with E-state index in [9.17, 15) is 19.8 Å². The molecule has 26 heavy (non-hydrogen) atoms. The van der Waals surface area contributed by atoms with Gasteiger partial charge in [0, 0.05) is 11.1 Å². The zero-order chi connectivity index (χ0) is 18.5. The number of ether oxygens (including phenoxy) is 1. The van der Waals surface area contributed by atoms with Crippen LogP contribution in [-0.2, 0) is 4.74 Å². The van der Waals surface area contributed by atoms with Crippen LogP contribution in [0.15, 0.2) is 78.9 Å². The molecule has 0 saturated carbocycles. The Morgan fingerprint density at radius 3 is 2.19 bits per heavy atom. The fraction of sp³-hybridized carbons (Fsp3) is 0.0476. The fourth-order valence-corrected chi connectivity index (χ4v) is 2.53. The Morgan fingerprint density at radius 1 is 0.808 bits per heavy atom. The molecule has 3 rings (SSSR count). The van der Waals surface area contributed by atoms with Crippen LogP contribution in [0.3, 0.4) is 0 Å². The van der Waals surface area contributed by atoms with E-state index < -0.39 is 17.9 Å². The number of phenolic OH excluding ortho intramolecular Hbond substituents is 2. The number of ketones is 1. The van der Waals surface area contributed by atoms with E-state index >= 15 is 0 Å². The van der Waals surface area contributed by atoms with Crippen LogP contribution in [0.25, 0.3) is 0 Å². The van der Waals surface area contributed by atoms with Crippen LogP contribution >= 0.6 is 0 Å². The van der Waals surface area contributed by atoms with E-state index in [-0.39, 0.29) is 17.1 Å². The average Bonchev–Trinajstić information content (AvgIpc) is 2.66. The molecular formula is C21H16O5. The van der Waals surface area contributed by atoms with Gasteiger partial charge in [-0.25, -0.2) is 4.79 Å². The molecule has 3 aromatic rings. The summed E-state index contributed by atoms with van der Waals surface area (Å²) in [4.78, 5) is 25.4. The van der Waals surface area contributed by atoms with Crippen molar-refractivity contribution in [3.05, 3.63) is 95.6 Å². The minimum atomic E-state index is -1.25. The van der Waals surface area contributed by atoms with Gasteiger partial charge in [0.05, 0.1) is 0 Å². The maximum Gasteiger partial charge on any atom is 0.342 e. The van der Waals surface area contributed by atoms with Gasteiger partial charge in [0.25, 0.3) is 0 Å². The number of rotatable bonds is 5. The van der Waals surface area contributed by atoms with Gasteiger partial charge in [-0.1, -0.05) is 54.6 Å². The van der Waals surface area contributed by atoms with Crippen molar-refractivity contribution in [2.45, 2.75) is 6.10 Å². The molecule has 0 amide bonds. The number of carbonyl (C=O) groups excluding carboxylic acids is 2. The van der Waals surface area contributed by atoms with Crippen molar-refractivity contribution in [2.75, 3.05) is 0 Å². The lowest BCUT2D eigenvalue weighted by Crippen LogP contribution is -2.20. The SMILES string of the molecule is O=C(OC(C(=O)c1ccccc1)c1cccc(O)c1)c1ccccc1O. The third kappa shape index (κ3) is 3.72. The average molecular weight is 348 g/mol. The van der Waals surface area contributed by atoms with Gasteiger partial charge in [0.2, 0.25) is 5.78 Å². The molecule has 1 atom stereocenters. The lowest BCUT2D eigenvalue weighted by Gasteiger charge is -2.18. The molecule has 5 nitrogen and oxygen atoms in total. The van der Waals surface area contributed by atoms with Crippen LogP contribution in [0.2, 0.25) is 0 Å². The first-order chi connectivity index (χ1) is 12.6. The molecule has 0 aliphatic carbocycles. The van der Waals surface area contributed by atoms with Crippen molar-refractivity contribution in [2.24, 2.45) is 0 Å². The number of carbonyl (C=O) groups is 2. The number of aromatic hydroxyl groups is 2. The highest BCUT2D eigenvalue weighted by molar-refractivity contribution is 6.02. The lowest BCUT2D eigenvalue weighted by molar-refractivity contribution is 0.0277. The molecule has 0 aliphatic heterocycles. The summed E-state index contributed by atoms with van der Waals surface area (Å²) in [6, 6.07) is 20.3. The van der Waals surface area contributed by atoms with Crippen molar-refractivity contribution in [1.82, 2.24) is 0 Å². The highest BCUT2D eigenvalue weighted by atomic mass is 16.5. The second-order valence-corrected chi connectivity index (χ2v) is 5.63. The van der Waals surface area contributed by atoms with Crippen molar-refractivity contribution >= 4 is 11.8 Å². The Kier molecular flexibility index (Phi) is 4.99. The van der Waals surface area contributed by atoms with Crippen LogP contribution in [0.1, 0.15) is 32.4 Å². The largest absolute Gasteiger partial charge is 0.508 e. The zero-order valence-corrected chi connectivity index (χ0v) is 13.7. The third-order valence-corrected chi connectivity index (χ3v) is 3.82. The van der Waals surface area contributed by atoms with Gasteiger partial charge in [-0.15, -0.1) is 0 Å². The van der Waals surface area contributed by atoms with E-state index in [2.05, 4.69) is 0 Å². The number of hydrogen-bond donors (Lipinski definition) is 2. The summed E-state index contributed by atoms with van der Waals surface area (Å²) in [5.74, 6) is -1.55. The summed E-state index contributed by atoms with van der Waals surface area (Å²) in [5.41, 5.74) is 0.659. The quantitative estimate of drug-likeness (QED) is 0.540. The molecule has 0 aliphatic rings. The first kappa shape index (κ1) is 17.2. The molecule has 2 N–H and O–H groups in total. The number of benzene rings is 3. The molecule has 130 valence electrons. The monoisotopic (exact) mass is 348 g/mol. The van der Waals surface area contributed by atoms with E-state index in [1.54, 1.807) is 54.6 Å². The molecule has 3 aromatic carbocycles. The summed E-state index contributed by atoms with van der Waals surface area (Å²) >= 11 is 0. The summed E-state index contributed by atoms with van der Waals surface area (Å²) in [5, 5.41) is 19.6. The van der Waals surface area contributed by atoms with Gasteiger partial charge >= 0.3 is 5.97 Å². The number of para-hydroxylation sites is 1. The molecule has 0 bridgehead atoms. The Labute approximate surface area is 150 Å². The van der Waals surface area contributed by atoms with Gasteiger partial charge < -0.3 is 14.9 Å². The van der Waals surface area contributed by atoms with Gasteiger partial charge in [-0.05, 0) is 24.3 Å². The minimum absolute atomic E-state index is 0.0430. The molecule has 0 aromatic heterocycles. The molecule has 0 fully saturated rings. The Hall–Kier alpha value is -3.60. The molecule has 0 spiro atoms. The molecule has 0 saturated heterocycles. The standard InChI is InChI=1S/C21H16O5/c22-16-10-6-9-15(13-16)20(19(24)14-7-2-1-3-8-14)26-21(25)17-11-4-5-12-18(17)23/h1-13,20,22-23H. The molecule has 1 unspecified atom stereocenters. The highest BCUT2D eigenvalue weighted by Gasteiger charge is 2.27. The number of esters is 1. The number of Topliss-reactive ketones (excluding diaryl/α,β-unsaturated/α-hetero) is 1. The summed E-state index contributed by atoms with van der Waals surface area (Å²) in [6.45, 7) is 0. The summed E-state index contributed by atoms with van der Waals surface area (Å²) in [7, 11) is 0. The van der Waals surface area contributed by atoms with Crippen LogP contribution < -0.4 is 0 Å². The van der Waals surface area contributed by atoms with Crippen molar-refractivity contribution in [3.8, 4) is 11.5 Å². The highest BCUT2D eigenvalue weighted by Crippen LogP contribution is 2.28. The van der Waals surface area contributed by atoms with E-state index in [0.29, 0.717) is 11.1 Å². The van der Waals surface area contributed by atoms with Crippen LogP contribution in [0.5, 0.6) is 11.5 Å². The van der Waals surface area contributed by atoms with Crippen LogP contribution in [0, 0.1) is 0 Å². The zero-order valence-electron chi connectivity index (χ0n) is 13.7. The lowest BCUT2D eigenvalue weighted by atomic mass is 9.99. The number of phenols is 2. The van der Waals surface area contributed by atoms with Gasteiger partial charge in [0.1, 0.15) is 17.1 Å². The number of hydrogen-bond acceptors (Lipinski definition) is 5. The second kappa shape index (κ2) is 7.53. The fourth-order valence-electron chi connectivity index (χ4n) is 2.53. The second-order valence-electron chi connectivity index (χ2n) is 5.63. The molecular weight excluding hydrogens is 332 g/mol. The smallest absolute Gasteiger partial charge is 0.342 e. The maximum atomic E-state index is 12.9. The van der Waals surface area contributed by atoms with Crippen LogP contribution in [-0.4, -0.2) is 22.0 Å². The van der Waals surface area contributed by atoms with E-state index in [0.717, 1.165) is 0 Å². The predicted octanol–water partition coefficient (Wildman–Crippen LogP) is 3.88. The predicted molar refractivity (Wildman–Crippen MR) is 95.1 cm³/mol. The first-order valence-corrected chi connectivity index (χ1v) is 7.93. The Morgan fingerprint density at radius 2 is 1.50 bits per heavy atom. The topological polar surface area (TPSA) is 83.8 Å². The van der Waals surface area contributed by atoms with Crippen molar-refractivity contribution in [1.29, 1.82) is 0 Å². The maximum absolute atomic E-state index is 12.9. The van der Waals surface area contributed by atoms with Gasteiger partial charge in [-0.3, -0.25) is 4.79 Å². The first-order valence-electron chi connectivity index (χ1n) is 7.93. The third-order valence-electron chi connectivity index (χ3n) is 3.82.